The Labute approximate surface area is 121 Å². The second kappa shape index (κ2) is 7.27. The van der Waals surface area contributed by atoms with Gasteiger partial charge in [-0.15, -0.1) is 0 Å². The van der Waals surface area contributed by atoms with E-state index in [1.807, 2.05) is 12.1 Å². The Morgan fingerprint density at radius 1 is 1.47 bits per heavy atom. The molecule has 0 amide bonds. The van der Waals surface area contributed by atoms with Crippen LogP contribution in [0.5, 0.6) is 5.75 Å². The minimum atomic E-state index is -0.938. The van der Waals surface area contributed by atoms with Crippen LogP contribution in [0.1, 0.15) is 24.8 Å². The molecule has 0 aromatic heterocycles. The summed E-state index contributed by atoms with van der Waals surface area (Å²) in [6.45, 7) is 0.797. The quantitative estimate of drug-likeness (QED) is 0.838. The highest BCUT2D eigenvalue weighted by Crippen LogP contribution is 2.24. The minimum absolute atomic E-state index is 0.145. The van der Waals surface area contributed by atoms with Crippen molar-refractivity contribution in [3.63, 3.8) is 0 Å². The summed E-state index contributed by atoms with van der Waals surface area (Å²) in [5.74, 6) is 1.79. The lowest BCUT2D eigenvalue weighted by Crippen LogP contribution is -2.25. The average molecular weight is 303 g/mol. The van der Waals surface area contributed by atoms with Gasteiger partial charge in [0.15, 0.2) is 0 Å². The van der Waals surface area contributed by atoms with Crippen LogP contribution in [0.4, 0.5) is 0 Å². The van der Waals surface area contributed by atoms with E-state index in [4.69, 9.17) is 21.1 Å². The van der Waals surface area contributed by atoms with Gasteiger partial charge in [-0.3, -0.25) is 4.21 Å². The molecular formula is C14H19ClO3S. The maximum absolute atomic E-state index is 12.1. The number of ether oxygens (including phenoxy) is 2. The SMILES string of the molecule is COc1ccc(C[S@@](=O)C[C@H]2CCCCO2)c(Cl)c1. The summed E-state index contributed by atoms with van der Waals surface area (Å²) in [5.41, 5.74) is 0.900. The van der Waals surface area contributed by atoms with Gasteiger partial charge in [0.05, 0.1) is 24.7 Å². The minimum Gasteiger partial charge on any atom is -0.497 e. The van der Waals surface area contributed by atoms with Gasteiger partial charge < -0.3 is 9.47 Å². The maximum atomic E-state index is 12.1. The molecule has 1 saturated heterocycles. The van der Waals surface area contributed by atoms with Crippen molar-refractivity contribution in [2.75, 3.05) is 19.5 Å². The summed E-state index contributed by atoms with van der Waals surface area (Å²) in [6, 6.07) is 5.47. The normalized spacial score (nSPS) is 21.1. The molecule has 0 radical (unpaired) electrons. The standard InChI is InChI=1S/C14H19ClO3S/c1-17-12-6-5-11(14(15)8-12)9-19(16)10-13-4-2-3-7-18-13/h5-6,8,13H,2-4,7,9-10H2,1H3/t13-,19-/m1/s1. The van der Waals surface area contributed by atoms with Gasteiger partial charge in [-0.2, -0.15) is 0 Å². The predicted octanol–water partition coefficient (Wildman–Crippen LogP) is 3.17. The van der Waals surface area contributed by atoms with Gasteiger partial charge in [0.1, 0.15) is 5.75 Å². The average Bonchev–Trinajstić information content (AvgIpc) is 2.42. The Morgan fingerprint density at radius 3 is 2.95 bits per heavy atom. The summed E-state index contributed by atoms with van der Waals surface area (Å²) in [7, 11) is 0.663. The Hall–Kier alpha value is -0.580. The van der Waals surface area contributed by atoms with Gasteiger partial charge in [-0.05, 0) is 37.0 Å². The van der Waals surface area contributed by atoms with E-state index in [-0.39, 0.29) is 6.10 Å². The lowest BCUT2D eigenvalue weighted by molar-refractivity contribution is 0.0310. The van der Waals surface area contributed by atoms with Crippen molar-refractivity contribution in [1.82, 2.24) is 0 Å². The monoisotopic (exact) mass is 302 g/mol. The van der Waals surface area contributed by atoms with Gasteiger partial charge in [-0.25, -0.2) is 0 Å². The third kappa shape index (κ3) is 4.48. The van der Waals surface area contributed by atoms with E-state index in [2.05, 4.69) is 0 Å². The summed E-state index contributed by atoms with van der Waals surface area (Å²) in [6.07, 6.45) is 3.45. The molecule has 106 valence electrons. The van der Waals surface area contributed by atoms with Crippen molar-refractivity contribution in [2.45, 2.75) is 31.1 Å². The Balaban J connectivity index is 1.91. The van der Waals surface area contributed by atoms with Crippen LogP contribution in [0.2, 0.25) is 5.02 Å². The molecule has 1 aromatic rings. The van der Waals surface area contributed by atoms with Gasteiger partial charge in [0.2, 0.25) is 0 Å². The molecule has 2 rings (SSSR count). The first-order valence-corrected chi connectivity index (χ1v) is 8.34. The van der Waals surface area contributed by atoms with E-state index in [1.54, 1.807) is 13.2 Å². The van der Waals surface area contributed by atoms with Crippen LogP contribution in [-0.2, 0) is 21.3 Å². The number of methoxy groups -OCH3 is 1. The molecular weight excluding hydrogens is 284 g/mol. The molecule has 1 aliphatic rings. The second-order valence-electron chi connectivity index (χ2n) is 4.70. The van der Waals surface area contributed by atoms with E-state index in [0.29, 0.717) is 16.5 Å². The fourth-order valence-corrected chi connectivity index (χ4v) is 3.86. The van der Waals surface area contributed by atoms with Crippen LogP contribution in [0.25, 0.3) is 0 Å². The molecule has 1 aliphatic heterocycles. The Kier molecular flexibility index (Phi) is 5.67. The van der Waals surface area contributed by atoms with E-state index in [9.17, 15) is 4.21 Å². The Bertz CT molecular complexity index is 444. The van der Waals surface area contributed by atoms with Crippen molar-refractivity contribution in [2.24, 2.45) is 0 Å². The summed E-state index contributed by atoms with van der Waals surface area (Å²) >= 11 is 6.15. The largest absolute Gasteiger partial charge is 0.497 e. The molecule has 5 heteroatoms. The van der Waals surface area contributed by atoms with Gasteiger partial charge in [0, 0.05) is 22.4 Å². The van der Waals surface area contributed by atoms with Crippen molar-refractivity contribution < 1.29 is 13.7 Å². The summed E-state index contributed by atoms with van der Waals surface area (Å²) < 4.78 is 22.8. The number of benzene rings is 1. The lowest BCUT2D eigenvalue weighted by Gasteiger charge is -2.22. The maximum Gasteiger partial charge on any atom is 0.120 e. The highest BCUT2D eigenvalue weighted by Gasteiger charge is 2.17. The Morgan fingerprint density at radius 2 is 2.32 bits per heavy atom. The first-order valence-electron chi connectivity index (χ1n) is 6.48. The molecule has 3 nitrogen and oxygen atoms in total. The van der Waals surface area contributed by atoms with Crippen LogP contribution in [0, 0.1) is 0 Å². The highest BCUT2D eigenvalue weighted by molar-refractivity contribution is 7.84. The second-order valence-corrected chi connectivity index (χ2v) is 6.61. The molecule has 0 saturated carbocycles. The molecule has 1 aromatic carbocycles. The lowest BCUT2D eigenvalue weighted by atomic mass is 10.1. The molecule has 19 heavy (non-hydrogen) atoms. The van der Waals surface area contributed by atoms with Crippen LogP contribution in [-0.4, -0.2) is 29.8 Å². The van der Waals surface area contributed by atoms with Crippen LogP contribution in [0.15, 0.2) is 18.2 Å². The summed E-state index contributed by atoms with van der Waals surface area (Å²) in [5, 5.41) is 0.609. The third-order valence-corrected chi connectivity index (χ3v) is 4.95. The number of hydrogen-bond donors (Lipinski definition) is 0. The van der Waals surface area contributed by atoms with Crippen molar-refractivity contribution >= 4 is 22.4 Å². The van der Waals surface area contributed by atoms with Gasteiger partial charge >= 0.3 is 0 Å². The zero-order valence-corrected chi connectivity index (χ0v) is 12.6. The highest BCUT2D eigenvalue weighted by atomic mass is 35.5. The van der Waals surface area contributed by atoms with Crippen LogP contribution in [0.3, 0.4) is 0 Å². The molecule has 0 spiro atoms. The summed E-state index contributed by atoms with van der Waals surface area (Å²) in [4.78, 5) is 0. The van der Waals surface area contributed by atoms with Crippen molar-refractivity contribution in [3.05, 3.63) is 28.8 Å². The molecule has 1 heterocycles. The van der Waals surface area contributed by atoms with Gasteiger partial charge in [-0.1, -0.05) is 17.7 Å². The zero-order valence-electron chi connectivity index (χ0n) is 11.1. The fourth-order valence-electron chi connectivity index (χ4n) is 2.15. The van der Waals surface area contributed by atoms with Crippen molar-refractivity contribution in [1.29, 1.82) is 0 Å². The molecule has 0 bridgehead atoms. The first kappa shape index (κ1) is 14.8. The topological polar surface area (TPSA) is 35.5 Å². The van der Waals surface area contributed by atoms with Crippen LogP contribution >= 0.6 is 11.6 Å². The molecule has 2 atom stereocenters. The van der Waals surface area contributed by atoms with E-state index in [0.717, 1.165) is 30.8 Å². The smallest absolute Gasteiger partial charge is 0.120 e. The molecule has 0 aliphatic carbocycles. The molecule has 1 fully saturated rings. The predicted molar refractivity (Wildman–Crippen MR) is 78.3 cm³/mol. The number of rotatable bonds is 5. The van der Waals surface area contributed by atoms with Crippen molar-refractivity contribution in [3.8, 4) is 5.75 Å². The van der Waals surface area contributed by atoms with Gasteiger partial charge in [0.25, 0.3) is 0 Å². The first-order chi connectivity index (χ1) is 9.19. The zero-order chi connectivity index (χ0) is 13.7. The third-order valence-electron chi connectivity index (χ3n) is 3.22. The molecule has 0 unspecified atom stereocenters. The number of hydrogen-bond acceptors (Lipinski definition) is 3. The van der Waals surface area contributed by atoms with E-state index in [1.165, 1.54) is 6.42 Å². The fraction of sp³-hybridized carbons (Fsp3) is 0.571. The van der Waals surface area contributed by atoms with E-state index >= 15 is 0 Å². The molecule has 0 N–H and O–H groups in total. The number of halogens is 1. The van der Waals surface area contributed by atoms with Crippen LogP contribution < -0.4 is 4.74 Å². The van der Waals surface area contributed by atoms with E-state index < -0.39 is 10.8 Å².